The van der Waals surface area contributed by atoms with Crippen molar-refractivity contribution in [2.24, 2.45) is 0 Å². The predicted octanol–water partition coefficient (Wildman–Crippen LogP) is 2.02. The van der Waals surface area contributed by atoms with Crippen molar-refractivity contribution in [3.05, 3.63) is 17.7 Å². The van der Waals surface area contributed by atoms with Gasteiger partial charge in [0.05, 0.1) is 0 Å². The number of fused-ring (bicyclic) bond motifs is 1. The number of nitriles is 1. The van der Waals surface area contributed by atoms with Crippen LogP contribution in [-0.4, -0.2) is 36.1 Å². The number of aromatic nitrogens is 2. The van der Waals surface area contributed by atoms with Gasteiger partial charge in [-0.1, -0.05) is 13.8 Å². The maximum atomic E-state index is 9.04. The normalized spacial score (nSPS) is 18.6. The van der Waals surface area contributed by atoms with E-state index < -0.39 is 0 Å². The number of hydrogen-bond acceptors (Lipinski definition) is 6. The number of rotatable bonds is 3. The van der Waals surface area contributed by atoms with Gasteiger partial charge < -0.3 is 14.6 Å². The zero-order chi connectivity index (χ0) is 15.0. The minimum Gasteiger partial charge on any atom is -0.440 e. The summed E-state index contributed by atoms with van der Waals surface area (Å²) in [6.07, 6.45) is 1.07. The van der Waals surface area contributed by atoms with Crippen molar-refractivity contribution in [1.82, 2.24) is 15.3 Å². The SMILES string of the molecule is CN[C@@H]1CCN(c2nc(C(C)C)nc3cc(C#N)oc23)C1. The molecule has 1 saturated heterocycles. The largest absolute Gasteiger partial charge is 0.440 e. The third-order valence-corrected chi connectivity index (χ3v) is 3.89. The average molecular weight is 285 g/mol. The molecule has 0 amide bonds. The number of hydrogen-bond donors (Lipinski definition) is 1. The van der Waals surface area contributed by atoms with Gasteiger partial charge in [-0.3, -0.25) is 0 Å². The van der Waals surface area contributed by atoms with Gasteiger partial charge in [-0.05, 0) is 13.5 Å². The summed E-state index contributed by atoms with van der Waals surface area (Å²) in [5.74, 6) is 2.11. The molecule has 0 saturated carbocycles. The van der Waals surface area contributed by atoms with Crippen LogP contribution in [0.15, 0.2) is 10.5 Å². The van der Waals surface area contributed by atoms with Gasteiger partial charge in [0.25, 0.3) is 0 Å². The summed E-state index contributed by atoms with van der Waals surface area (Å²) in [4.78, 5) is 11.4. The molecule has 6 nitrogen and oxygen atoms in total. The van der Waals surface area contributed by atoms with Crippen molar-refractivity contribution in [2.45, 2.75) is 32.2 Å². The summed E-state index contributed by atoms with van der Waals surface area (Å²) in [7, 11) is 1.98. The molecule has 1 aliphatic heterocycles. The Morgan fingerprint density at radius 3 is 2.90 bits per heavy atom. The number of nitrogens with zero attached hydrogens (tertiary/aromatic N) is 4. The number of anilines is 1. The van der Waals surface area contributed by atoms with E-state index in [4.69, 9.17) is 9.68 Å². The lowest BCUT2D eigenvalue weighted by atomic mass is 10.2. The van der Waals surface area contributed by atoms with Crippen LogP contribution in [-0.2, 0) is 0 Å². The first-order chi connectivity index (χ1) is 10.1. The van der Waals surface area contributed by atoms with Crippen LogP contribution in [0.5, 0.6) is 0 Å². The van der Waals surface area contributed by atoms with Gasteiger partial charge >= 0.3 is 0 Å². The highest BCUT2D eigenvalue weighted by molar-refractivity contribution is 5.85. The molecule has 0 aliphatic carbocycles. The Balaban J connectivity index is 2.10. The Morgan fingerprint density at radius 2 is 2.29 bits per heavy atom. The van der Waals surface area contributed by atoms with Gasteiger partial charge in [0, 0.05) is 31.1 Å². The number of likely N-dealkylation sites (N-methyl/N-ethyl adjacent to an activating group) is 1. The quantitative estimate of drug-likeness (QED) is 0.929. The fraction of sp³-hybridized carbons (Fsp3) is 0.533. The zero-order valence-electron chi connectivity index (χ0n) is 12.6. The molecule has 21 heavy (non-hydrogen) atoms. The molecular formula is C15H19N5O. The fourth-order valence-electron chi connectivity index (χ4n) is 2.65. The van der Waals surface area contributed by atoms with Gasteiger partial charge in [0.2, 0.25) is 5.76 Å². The molecule has 1 atom stereocenters. The molecule has 0 unspecified atom stereocenters. The second-order valence-electron chi connectivity index (χ2n) is 5.72. The smallest absolute Gasteiger partial charge is 0.206 e. The third-order valence-electron chi connectivity index (χ3n) is 3.89. The van der Waals surface area contributed by atoms with Gasteiger partial charge in [-0.15, -0.1) is 0 Å². The molecule has 110 valence electrons. The van der Waals surface area contributed by atoms with Crippen molar-refractivity contribution in [2.75, 3.05) is 25.0 Å². The zero-order valence-corrected chi connectivity index (χ0v) is 12.6. The molecule has 0 spiro atoms. The standard InChI is InChI=1S/C15H19N5O/c1-9(2)14-18-12-6-11(7-16)21-13(12)15(19-14)20-5-4-10(8-20)17-3/h6,9-10,17H,4-5,8H2,1-3H3/t10-/m1/s1. The maximum Gasteiger partial charge on any atom is 0.206 e. The van der Waals surface area contributed by atoms with E-state index in [1.807, 2.05) is 13.1 Å². The monoisotopic (exact) mass is 285 g/mol. The summed E-state index contributed by atoms with van der Waals surface area (Å²) in [6.45, 7) is 5.95. The Hall–Kier alpha value is -2.13. The number of nitrogens with one attached hydrogen (secondary N) is 1. The lowest BCUT2D eigenvalue weighted by Crippen LogP contribution is -2.30. The topological polar surface area (TPSA) is 78.0 Å². The van der Waals surface area contributed by atoms with Crippen LogP contribution in [0, 0.1) is 11.3 Å². The van der Waals surface area contributed by atoms with Crippen molar-refractivity contribution in [3.8, 4) is 6.07 Å². The summed E-state index contributed by atoms with van der Waals surface area (Å²) in [6, 6.07) is 4.19. The van der Waals surface area contributed by atoms with E-state index in [0.29, 0.717) is 17.1 Å². The van der Waals surface area contributed by atoms with Crippen LogP contribution >= 0.6 is 0 Å². The van der Waals surface area contributed by atoms with Crippen LogP contribution in [0.2, 0.25) is 0 Å². The van der Waals surface area contributed by atoms with Crippen LogP contribution in [0.4, 0.5) is 5.82 Å². The third kappa shape index (κ3) is 2.45. The molecule has 2 aromatic rings. The fourth-order valence-corrected chi connectivity index (χ4v) is 2.65. The Morgan fingerprint density at radius 1 is 1.48 bits per heavy atom. The first kappa shape index (κ1) is 13.8. The Kier molecular flexibility index (Phi) is 3.52. The Labute approximate surface area is 123 Å². The van der Waals surface area contributed by atoms with Crippen LogP contribution in [0.25, 0.3) is 11.1 Å². The highest BCUT2D eigenvalue weighted by atomic mass is 16.3. The molecule has 3 heterocycles. The summed E-state index contributed by atoms with van der Waals surface area (Å²) < 4.78 is 5.62. The molecule has 0 radical (unpaired) electrons. The summed E-state index contributed by atoms with van der Waals surface area (Å²) >= 11 is 0. The van der Waals surface area contributed by atoms with Crippen LogP contribution in [0.3, 0.4) is 0 Å². The van der Waals surface area contributed by atoms with Gasteiger partial charge in [0.15, 0.2) is 11.4 Å². The molecule has 1 N–H and O–H groups in total. The Bertz CT molecular complexity index is 700. The molecular weight excluding hydrogens is 266 g/mol. The minimum atomic E-state index is 0.233. The van der Waals surface area contributed by atoms with Gasteiger partial charge in [0.1, 0.15) is 17.4 Å². The lowest BCUT2D eigenvalue weighted by Gasteiger charge is -2.18. The highest BCUT2D eigenvalue weighted by Crippen LogP contribution is 2.30. The first-order valence-electron chi connectivity index (χ1n) is 7.26. The van der Waals surface area contributed by atoms with Crippen LogP contribution < -0.4 is 10.2 Å². The van der Waals surface area contributed by atoms with E-state index in [1.54, 1.807) is 6.07 Å². The highest BCUT2D eigenvalue weighted by Gasteiger charge is 2.26. The maximum absolute atomic E-state index is 9.04. The van der Waals surface area contributed by atoms with Crippen molar-refractivity contribution < 1.29 is 4.42 Å². The van der Waals surface area contributed by atoms with E-state index in [0.717, 1.165) is 31.2 Å². The molecule has 3 rings (SSSR count). The lowest BCUT2D eigenvalue weighted by molar-refractivity contribution is 0.593. The molecule has 1 aliphatic rings. The molecule has 2 aromatic heterocycles. The molecule has 0 aromatic carbocycles. The number of furan rings is 1. The average Bonchev–Trinajstić information content (AvgIpc) is 3.11. The van der Waals surface area contributed by atoms with E-state index in [1.165, 1.54) is 0 Å². The van der Waals surface area contributed by atoms with E-state index in [2.05, 4.69) is 34.0 Å². The van der Waals surface area contributed by atoms with Crippen molar-refractivity contribution >= 4 is 16.9 Å². The second kappa shape index (κ2) is 5.34. The van der Waals surface area contributed by atoms with E-state index in [9.17, 15) is 0 Å². The molecule has 6 heteroatoms. The van der Waals surface area contributed by atoms with Gasteiger partial charge in [-0.2, -0.15) is 5.26 Å². The molecule has 1 fully saturated rings. The molecule has 0 bridgehead atoms. The predicted molar refractivity (Wildman–Crippen MR) is 80.3 cm³/mol. The van der Waals surface area contributed by atoms with Crippen molar-refractivity contribution in [3.63, 3.8) is 0 Å². The summed E-state index contributed by atoms with van der Waals surface area (Å²) in [5, 5.41) is 12.3. The first-order valence-corrected chi connectivity index (χ1v) is 7.26. The summed E-state index contributed by atoms with van der Waals surface area (Å²) in [5.41, 5.74) is 1.33. The van der Waals surface area contributed by atoms with Crippen LogP contribution in [0.1, 0.15) is 37.8 Å². The van der Waals surface area contributed by atoms with E-state index >= 15 is 0 Å². The van der Waals surface area contributed by atoms with Gasteiger partial charge in [-0.25, -0.2) is 9.97 Å². The van der Waals surface area contributed by atoms with Crippen molar-refractivity contribution in [1.29, 1.82) is 5.26 Å². The minimum absolute atomic E-state index is 0.233. The van der Waals surface area contributed by atoms with E-state index in [-0.39, 0.29) is 11.7 Å². The second-order valence-corrected chi connectivity index (χ2v) is 5.72.